The second kappa shape index (κ2) is 5.15. The van der Waals surface area contributed by atoms with Crippen molar-refractivity contribution in [2.45, 2.75) is 38.8 Å². The Bertz CT molecular complexity index is 521. The van der Waals surface area contributed by atoms with Gasteiger partial charge in [-0.2, -0.15) is 0 Å². The minimum atomic E-state index is 0.892. The van der Waals surface area contributed by atoms with Gasteiger partial charge in [-0.05, 0) is 37.4 Å². The molecule has 0 aliphatic heterocycles. The van der Waals surface area contributed by atoms with Crippen LogP contribution in [0.2, 0.25) is 0 Å². The molecular formula is C16H22N2. The minimum absolute atomic E-state index is 0.892. The first-order valence-electron chi connectivity index (χ1n) is 7.10. The van der Waals surface area contributed by atoms with E-state index >= 15 is 0 Å². The van der Waals surface area contributed by atoms with Crippen molar-refractivity contribution in [3.63, 3.8) is 0 Å². The molecule has 2 heteroatoms. The van der Waals surface area contributed by atoms with E-state index in [-0.39, 0.29) is 0 Å². The lowest BCUT2D eigenvalue weighted by atomic mass is 10.1. The molecule has 0 radical (unpaired) electrons. The molecule has 1 aliphatic carbocycles. The fourth-order valence-corrected chi connectivity index (χ4v) is 3.28. The van der Waals surface area contributed by atoms with Gasteiger partial charge in [0.2, 0.25) is 0 Å². The standard InChI is InChI=1S/C16H22N2/c1-17-10-14-12-18(11-13-6-2-3-7-13)16-9-5-4-8-15(14)16/h4-5,8-9,12-13,17H,2-3,6-7,10-11H2,1H3. The molecule has 0 unspecified atom stereocenters. The van der Waals surface area contributed by atoms with E-state index in [9.17, 15) is 0 Å². The summed E-state index contributed by atoms with van der Waals surface area (Å²) < 4.78 is 2.47. The number of fused-ring (bicyclic) bond motifs is 1. The molecule has 3 rings (SSSR count). The summed E-state index contributed by atoms with van der Waals surface area (Å²) in [6, 6.07) is 8.79. The molecular weight excluding hydrogens is 220 g/mol. The van der Waals surface area contributed by atoms with Crippen molar-refractivity contribution in [2.24, 2.45) is 5.92 Å². The maximum absolute atomic E-state index is 3.27. The lowest BCUT2D eigenvalue weighted by Gasteiger charge is -2.11. The van der Waals surface area contributed by atoms with Crippen LogP contribution in [0.15, 0.2) is 30.5 Å². The Hall–Kier alpha value is -1.28. The summed E-state index contributed by atoms with van der Waals surface area (Å²) in [5.41, 5.74) is 2.82. The van der Waals surface area contributed by atoms with Crippen molar-refractivity contribution in [3.05, 3.63) is 36.0 Å². The fraction of sp³-hybridized carbons (Fsp3) is 0.500. The molecule has 0 atom stereocenters. The predicted molar refractivity (Wildman–Crippen MR) is 76.7 cm³/mol. The van der Waals surface area contributed by atoms with Crippen LogP contribution in [0, 0.1) is 5.92 Å². The zero-order valence-electron chi connectivity index (χ0n) is 11.2. The van der Waals surface area contributed by atoms with Gasteiger partial charge in [0.05, 0.1) is 0 Å². The van der Waals surface area contributed by atoms with Gasteiger partial charge < -0.3 is 9.88 Å². The van der Waals surface area contributed by atoms with E-state index in [4.69, 9.17) is 0 Å². The third-order valence-corrected chi connectivity index (χ3v) is 4.17. The number of para-hydroxylation sites is 1. The van der Waals surface area contributed by atoms with Crippen LogP contribution >= 0.6 is 0 Å². The summed E-state index contributed by atoms with van der Waals surface area (Å²) in [4.78, 5) is 0. The van der Waals surface area contributed by atoms with Crippen molar-refractivity contribution in [1.82, 2.24) is 9.88 Å². The van der Waals surface area contributed by atoms with Crippen LogP contribution in [-0.2, 0) is 13.1 Å². The van der Waals surface area contributed by atoms with Crippen LogP contribution in [0.5, 0.6) is 0 Å². The molecule has 1 aromatic carbocycles. The van der Waals surface area contributed by atoms with Crippen LogP contribution < -0.4 is 5.32 Å². The van der Waals surface area contributed by atoms with Crippen LogP contribution in [0.3, 0.4) is 0 Å². The number of hydrogen-bond donors (Lipinski definition) is 1. The number of nitrogens with zero attached hydrogens (tertiary/aromatic N) is 1. The maximum atomic E-state index is 3.27. The number of nitrogens with one attached hydrogen (secondary N) is 1. The average Bonchev–Trinajstić information content (AvgIpc) is 3.00. The molecule has 96 valence electrons. The summed E-state index contributed by atoms with van der Waals surface area (Å²) in [5, 5.41) is 4.68. The number of hydrogen-bond acceptors (Lipinski definition) is 1. The van der Waals surface area contributed by atoms with Crippen LogP contribution in [0.25, 0.3) is 10.9 Å². The molecule has 18 heavy (non-hydrogen) atoms. The van der Waals surface area contributed by atoms with Crippen LogP contribution in [-0.4, -0.2) is 11.6 Å². The van der Waals surface area contributed by atoms with Crippen LogP contribution in [0.1, 0.15) is 31.2 Å². The minimum Gasteiger partial charge on any atom is -0.347 e. The Morgan fingerprint density at radius 1 is 1.22 bits per heavy atom. The van der Waals surface area contributed by atoms with Gasteiger partial charge in [-0.25, -0.2) is 0 Å². The van der Waals surface area contributed by atoms with Gasteiger partial charge in [-0.1, -0.05) is 31.0 Å². The molecule has 0 bridgehead atoms. The normalized spacial score (nSPS) is 16.7. The highest BCUT2D eigenvalue weighted by atomic mass is 15.0. The van der Waals surface area contributed by atoms with Crippen molar-refractivity contribution < 1.29 is 0 Å². The molecule has 2 nitrogen and oxygen atoms in total. The van der Waals surface area contributed by atoms with Crippen molar-refractivity contribution in [3.8, 4) is 0 Å². The lowest BCUT2D eigenvalue weighted by molar-refractivity contribution is 0.465. The second-order valence-electron chi connectivity index (χ2n) is 5.50. The monoisotopic (exact) mass is 242 g/mol. The zero-order chi connectivity index (χ0) is 12.4. The first-order valence-corrected chi connectivity index (χ1v) is 7.10. The Labute approximate surface area is 109 Å². The van der Waals surface area contributed by atoms with Crippen LogP contribution in [0.4, 0.5) is 0 Å². The molecule has 1 aliphatic rings. The molecule has 1 heterocycles. The highest BCUT2D eigenvalue weighted by molar-refractivity contribution is 5.83. The van der Waals surface area contributed by atoms with Gasteiger partial charge in [0.1, 0.15) is 0 Å². The number of aromatic nitrogens is 1. The van der Waals surface area contributed by atoms with Gasteiger partial charge in [0.15, 0.2) is 0 Å². The van der Waals surface area contributed by atoms with E-state index < -0.39 is 0 Å². The fourth-order valence-electron chi connectivity index (χ4n) is 3.28. The molecule has 1 saturated carbocycles. The summed E-state index contributed by atoms with van der Waals surface area (Å²) >= 11 is 0. The molecule has 0 saturated heterocycles. The van der Waals surface area contributed by atoms with Gasteiger partial charge in [0, 0.05) is 30.2 Å². The molecule has 0 amide bonds. The molecule has 1 N–H and O–H groups in total. The molecule has 2 aromatic rings. The van der Waals surface area contributed by atoms with Gasteiger partial charge in [0.25, 0.3) is 0 Å². The smallest absolute Gasteiger partial charge is 0.0483 e. The number of benzene rings is 1. The van der Waals surface area contributed by atoms with E-state index in [1.807, 2.05) is 7.05 Å². The van der Waals surface area contributed by atoms with Gasteiger partial charge in [-0.3, -0.25) is 0 Å². The van der Waals surface area contributed by atoms with E-state index in [1.54, 1.807) is 0 Å². The zero-order valence-corrected chi connectivity index (χ0v) is 11.2. The summed E-state index contributed by atoms with van der Waals surface area (Å²) in [6.45, 7) is 2.16. The van der Waals surface area contributed by atoms with E-state index in [1.165, 1.54) is 48.7 Å². The van der Waals surface area contributed by atoms with Gasteiger partial charge >= 0.3 is 0 Å². The van der Waals surface area contributed by atoms with Crippen molar-refractivity contribution in [1.29, 1.82) is 0 Å². The highest BCUT2D eigenvalue weighted by Gasteiger charge is 2.17. The maximum Gasteiger partial charge on any atom is 0.0483 e. The summed E-state index contributed by atoms with van der Waals surface area (Å²) in [6.07, 6.45) is 8.02. The predicted octanol–water partition coefficient (Wildman–Crippen LogP) is 3.55. The Balaban J connectivity index is 1.94. The van der Waals surface area contributed by atoms with Crippen molar-refractivity contribution >= 4 is 10.9 Å². The summed E-state index contributed by atoms with van der Waals surface area (Å²) in [5.74, 6) is 0.892. The average molecular weight is 242 g/mol. The Kier molecular flexibility index (Phi) is 3.37. The van der Waals surface area contributed by atoms with Crippen molar-refractivity contribution in [2.75, 3.05) is 7.05 Å². The second-order valence-corrected chi connectivity index (χ2v) is 5.50. The topological polar surface area (TPSA) is 17.0 Å². The first kappa shape index (κ1) is 11.8. The molecule has 1 fully saturated rings. The van der Waals surface area contributed by atoms with Gasteiger partial charge in [-0.15, -0.1) is 0 Å². The molecule has 0 spiro atoms. The van der Waals surface area contributed by atoms with E-state index in [2.05, 4.69) is 40.3 Å². The SMILES string of the molecule is CNCc1cn(CC2CCCC2)c2ccccc12. The lowest BCUT2D eigenvalue weighted by Crippen LogP contribution is -2.07. The highest BCUT2D eigenvalue weighted by Crippen LogP contribution is 2.29. The third-order valence-electron chi connectivity index (χ3n) is 4.17. The number of rotatable bonds is 4. The quantitative estimate of drug-likeness (QED) is 0.867. The Morgan fingerprint density at radius 3 is 2.78 bits per heavy atom. The Morgan fingerprint density at radius 2 is 2.00 bits per heavy atom. The van der Waals surface area contributed by atoms with E-state index in [0.29, 0.717) is 0 Å². The first-order chi connectivity index (χ1) is 8.88. The summed E-state index contributed by atoms with van der Waals surface area (Å²) in [7, 11) is 2.02. The molecule has 1 aromatic heterocycles. The largest absolute Gasteiger partial charge is 0.347 e. The third kappa shape index (κ3) is 2.17. The van der Waals surface area contributed by atoms with E-state index in [0.717, 1.165) is 12.5 Å².